The Morgan fingerprint density at radius 2 is 1.26 bits per heavy atom. The first-order valence-electron chi connectivity index (χ1n) is 6.55. The summed E-state index contributed by atoms with van der Waals surface area (Å²) >= 11 is 0. The van der Waals surface area contributed by atoms with Crippen LogP contribution < -0.4 is 9.80 Å². The second-order valence-corrected chi connectivity index (χ2v) is 4.89. The van der Waals surface area contributed by atoms with E-state index in [1.165, 1.54) is 28.5 Å². The van der Waals surface area contributed by atoms with Gasteiger partial charge in [0.25, 0.3) is 0 Å². The van der Waals surface area contributed by atoms with Gasteiger partial charge in [-0.05, 0) is 38.1 Å². The van der Waals surface area contributed by atoms with E-state index in [1.54, 1.807) is 0 Å². The number of nitrogens with zero attached hydrogens (tertiary/aromatic N) is 2. The van der Waals surface area contributed by atoms with E-state index in [0.29, 0.717) is 0 Å². The van der Waals surface area contributed by atoms with Crippen LogP contribution in [0.1, 0.15) is 13.8 Å². The second-order valence-electron chi connectivity index (χ2n) is 4.89. The van der Waals surface area contributed by atoms with Gasteiger partial charge in [-0.2, -0.15) is 0 Å². The molecule has 2 heteroatoms. The molecule has 2 aromatic rings. The van der Waals surface area contributed by atoms with E-state index in [-0.39, 0.29) is 0 Å². The standard InChI is InChI=1S/C17H18N2/c1-13-14(2)19(15-9-5-4-6-10-15)17-12-8-7-11-16(17)18(13)3/h4-12H,1-3H3. The lowest BCUT2D eigenvalue weighted by atomic mass is 10.1. The SMILES string of the molecule is CC1=C(C)N(c2ccccc2)c2ccccc2N1C. The molecular formula is C17H18N2. The Kier molecular flexibility index (Phi) is 2.79. The molecular weight excluding hydrogens is 232 g/mol. The average molecular weight is 250 g/mol. The lowest BCUT2D eigenvalue weighted by molar-refractivity contribution is 0.969. The maximum absolute atomic E-state index is 2.32. The molecule has 0 aliphatic carbocycles. The molecule has 1 aliphatic heterocycles. The van der Waals surface area contributed by atoms with Gasteiger partial charge in [-0.3, -0.25) is 0 Å². The molecule has 0 spiro atoms. The highest BCUT2D eigenvalue weighted by Crippen LogP contribution is 2.42. The van der Waals surface area contributed by atoms with E-state index in [4.69, 9.17) is 0 Å². The Morgan fingerprint density at radius 1 is 0.684 bits per heavy atom. The van der Waals surface area contributed by atoms with Gasteiger partial charge in [-0.15, -0.1) is 0 Å². The highest BCUT2D eigenvalue weighted by atomic mass is 15.3. The van der Waals surface area contributed by atoms with Crippen molar-refractivity contribution in [1.29, 1.82) is 0 Å². The van der Waals surface area contributed by atoms with E-state index in [9.17, 15) is 0 Å². The van der Waals surface area contributed by atoms with Crippen LogP contribution in [0.15, 0.2) is 66.0 Å². The van der Waals surface area contributed by atoms with Gasteiger partial charge in [0.05, 0.1) is 11.4 Å². The van der Waals surface area contributed by atoms with Crippen molar-refractivity contribution < 1.29 is 0 Å². The van der Waals surface area contributed by atoms with Crippen molar-refractivity contribution in [2.75, 3.05) is 16.8 Å². The first-order chi connectivity index (χ1) is 9.20. The molecule has 0 N–H and O–H groups in total. The van der Waals surface area contributed by atoms with Gasteiger partial charge in [0, 0.05) is 24.1 Å². The molecule has 0 radical (unpaired) electrons. The average Bonchev–Trinajstić information content (AvgIpc) is 2.46. The van der Waals surface area contributed by atoms with Crippen LogP contribution in [-0.4, -0.2) is 7.05 Å². The van der Waals surface area contributed by atoms with Crippen molar-refractivity contribution in [3.63, 3.8) is 0 Å². The van der Waals surface area contributed by atoms with E-state index >= 15 is 0 Å². The minimum absolute atomic E-state index is 1.21. The predicted molar refractivity (Wildman–Crippen MR) is 81.8 cm³/mol. The first-order valence-corrected chi connectivity index (χ1v) is 6.55. The van der Waals surface area contributed by atoms with Crippen molar-refractivity contribution in [3.8, 4) is 0 Å². The zero-order valence-electron chi connectivity index (χ0n) is 11.6. The number of benzene rings is 2. The van der Waals surface area contributed by atoms with Crippen LogP contribution in [0.3, 0.4) is 0 Å². The number of allylic oxidation sites excluding steroid dienone is 2. The zero-order chi connectivity index (χ0) is 13.4. The Morgan fingerprint density at radius 3 is 1.95 bits per heavy atom. The Hall–Kier alpha value is -2.22. The van der Waals surface area contributed by atoms with E-state index < -0.39 is 0 Å². The molecule has 0 saturated heterocycles. The molecule has 0 atom stereocenters. The van der Waals surface area contributed by atoms with Crippen LogP contribution in [0.2, 0.25) is 0 Å². The van der Waals surface area contributed by atoms with Gasteiger partial charge in [-0.25, -0.2) is 0 Å². The van der Waals surface area contributed by atoms with Gasteiger partial charge in [0.2, 0.25) is 0 Å². The molecule has 1 aliphatic rings. The molecule has 2 aromatic carbocycles. The summed E-state index contributed by atoms with van der Waals surface area (Å²) in [7, 11) is 2.12. The lowest BCUT2D eigenvalue weighted by Gasteiger charge is -2.38. The third-order valence-corrected chi connectivity index (χ3v) is 3.86. The third-order valence-electron chi connectivity index (χ3n) is 3.86. The third kappa shape index (κ3) is 1.80. The zero-order valence-corrected chi connectivity index (χ0v) is 11.6. The number of anilines is 3. The highest BCUT2D eigenvalue weighted by molar-refractivity contribution is 5.84. The van der Waals surface area contributed by atoms with Crippen molar-refractivity contribution in [2.45, 2.75) is 13.8 Å². The summed E-state index contributed by atoms with van der Waals surface area (Å²) in [5.41, 5.74) is 6.24. The molecule has 0 saturated carbocycles. The summed E-state index contributed by atoms with van der Waals surface area (Å²) in [6.07, 6.45) is 0. The maximum atomic E-state index is 2.32. The topological polar surface area (TPSA) is 6.48 Å². The van der Waals surface area contributed by atoms with E-state index in [0.717, 1.165) is 0 Å². The summed E-state index contributed by atoms with van der Waals surface area (Å²) in [6.45, 7) is 4.34. The van der Waals surface area contributed by atoms with Crippen LogP contribution >= 0.6 is 0 Å². The number of fused-ring (bicyclic) bond motifs is 1. The first kappa shape index (κ1) is 11.8. The van der Waals surface area contributed by atoms with Gasteiger partial charge >= 0.3 is 0 Å². The maximum Gasteiger partial charge on any atom is 0.0696 e. The van der Waals surface area contributed by atoms with Crippen molar-refractivity contribution in [2.24, 2.45) is 0 Å². The molecule has 3 rings (SSSR count). The van der Waals surface area contributed by atoms with Crippen LogP contribution in [-0.2, 0) is 0 Å². The minimum Gasteiger partial charge on any atom is -0.345 e. The molecule has 0 bridgehead atoms. The summed E-state index contributed by atoms with van der Waals surface area (Å²) in [5.74, 6) is 0. The van der Waals surface area contributed by atoms with Crippen LogP contribution in [0, 0.1) is 0 Å². The quantitative estimate of drug-likeness (QED) is 0.734. The number of rotatable bonds is 1. The summed E-state index contributed by atoms with van der Waals surface area (Å²) in [6, 6.07) is 19.0. The highest BCUT2D eigenvalue weighted by Gasteiger charge is 2.24. The largest absolute Gasteiger partial charge is 0.345 e. The van der Waals surface area contributed by atoms with E-state index in [2.05, 4.69) is 85.3 Å². The molecule has 0 unspecified atom stereocenters. The molecule has 0 amide bonds. The molecule has 1 heterocycles. The fraction of sp³-hybridized carbons (Fsp3) is 0.176. The smallest absolute Gasteiger partial charge is 0.0696 e. The fourth-order valence-corrected chi connectivity index (χ4v) is 2.61. The Balaban J connectivity index is 2.22. The van der Waals surface area contributed by atoms with Crippen molar-refractivity contribution in [1.82, 2.24) is 0 Å². The van der Waals surface area contributed by atoms with Crippen LogP contribution in [0.25, 0.3) is 0 Å². The minimum atomic E-state index is 1.21. The van der Waals surface area contributed by atoms with E-state index in [1.807, 2.05) is 0 Å². The molecule has 2 nitrogen and oxygen atoms in total. The summed E-state index contributed by atoms with van der Waals surface area (Å²) in [4.78, 5) is 4.58. The fourth-order valence-electron chi connectivity index (χ4n) is 2.61. The Bertz CT molecular complexity index is 629. The van der Waals surface area contributed by atoms with Gasteiger partial charge in [0.15, 0.2) is 0 Å². The summed E-state index contributed by atoms with van der Waals surface area (Å²) in [5, 5.41) is 0. The monoisotopic (exact) mass is 250 g/mol. The lowest BCUT2D eigenvalue weighted by Crippen LogP contribution is -2.29. The number of hydrogen-bond donors (Lipinski definition) is 0. The Labute approximate surface area is 114 Å². The van der Waals surface area contributed by atoms with Crippen molar-refractivity contribution in [3.05, 3.63) is 66.0 Å². The molecule has 19 heavy (non-hydrogen) atoms. The van der Waals surface area contributed by atoms with Crippen LogP contribution in [0.4, 0.5) is 17.1 Å². The number of para-hydroxylation sites is 3. The summed E-state index contributed by atoms with van der Waals surface area (Å²) < 4.78 is 0. The molecule has 96 valence electrons. The predicted octanol–water partition coefficient (Wildman–Crippen LogP) is 4.53. The molecule has 0 fully saturated rings. The van der Waals surface area contributed by atoms with Gasteiger partial charge in [-0.1, -0.05) is 30.3 Å². The van der Waals surface area contributed by atoms with Gasteiger partial charge in [0.1, 0.15) is 0 Å². The second kappa shape index (κ2) is 4.47. The molecule has 0 aromatic heterocycles. The number of hydrogen-bond acceptors (Lipinski definition) is 2. The van der Waals surface area contributed by atoms with Gasteiger partial charge < -0.3 is 9.80 Å². The van der Waals surface area contributed by atoms with Crippen molar-refractivity contribution >= 4 is 17.1 Å². The normalized spacial score (nSPS) is 14.7. The van der Waals surface area contributed by atoms with Crippen LogP contribution in [0.5, 0.6) is 0 Å².